The molecule has 17 heavy (non-hydrogen) atoms. The Bertz CT molecular complexity index is 552. The lowest BCUT2D eigenvalue weighted by atomic mass is 10.1. The van der Waals surface area contributed by atoms with Gasteiger partial charge in [0.2, 0.25) is 5.75 Å². The van der Waals surface area contributed by atoms with Gasteiger partial charge in [0, 0.05) is 22.7 Å². The van der Waals surface area contributed by atoms with E-state index >= 15 is 0 Å². The smallest absolute Gasteiger partial charge is 0.203 e. The van der Waals surface area contributed by atoms with Crippen molar-refractivity contribution in [2.75, 3.05) is 21.3 Å². The molecule has 0 radical (unpaired) electrons. The van der Waals surface area contributed by atoms with Gasteiger partial charge in [-0.25, -0.2) is 0 Å². The zero-order valence-electron chi connectivity index (χ0n) is 10.4. The third-order valence-electron chi connectivity index (χ3n) is 2.77. The molecule has 1 aromatic carbocycles. The van der Waals surface area contributed by atoms with Gasteiger partial charge in [0.05, 0.1) is 21.3 Å². The van der Waals surface area contributed by atoms with Crippen molar-refractivity contribution in [3.05, 3.63) is 24.0 Å². The highest BCUT2D eigenvalue weighted by molar-refractivity contribution is 5.94. The van der Waals surface area contributed by atoms with Crippen molar-refractivity contribution in [3.8, 4) is 17.2 Å². The first-order valence-electron chi connectivity index (χ1n) is 5.27. The molecule has 0 amide bonds. The number of pyridine rings is 1. The third kappa shape index (κ3) is 1.75. The number of aryl methyl sites for hydroxylation is 1. The maximum absolute atomic E-state index is 5.41. The van der Waals surface area contributed by atoms with Crippen LogP contribution in [0.15, 0.2) is 18.3 Å². The van der Waals surface area contributed by atoms with Gasteiger partial charge in [-0.3, -0.25) is 4.98 Å². The van der Waals surface area contributed by atoms with Gasteiger partial charge >= 0.3 is 0 Å². The normalized spacial score (nSPS) is 10.4. The minimum Gasteiger partial charge on any atom is -0.493 e. The van der Waals surface area contributed by atoms with Gasteiger partial charge in [-0.2, -0.15) is 0 Å². The zero-order valence-corrected chi connectivity index (χ0v) is 10.4. The summed E-state index contributed by atoms with van der Waals surface area (Å²) in [5, 5.41) is 1.97. The Labute approximate surface area is 100 Å². The van der Waals surface area contributed by atoms with Crippen molar-refractivity contribution in [2.45, 2.75) is 6.92 Å². The Kier molecular flexibility index (Phi) is 3.04. The summed E-state index contributed by atoms with van der Waals surface area (Å²) in [5.41, 5.74) is 0.932. The molecular formula is C13H15NO3. The van der Waals surface area contributed by atoms with Crippen LogP contribution in [0.4, 0.5) is 0 Å². The number of ether oxygens (including phenoxy) is 3. The second kappa shape index (κ2) is 4.49. The zero-order chi connectivity index (χ0) is 12.4. The molecule has 0 aliphatic heterocycles. The van der Waals surface area contributed by atoms with Gasteiger partial charge in [0.25, 0.3) is 0 Å². The Hall–Kier alpha value is -1.97. The van der Waals surface area contributed by atoms with Crippen LogP contribution in [0.25, 0.3) is 10.8 Å². The molecule has 0 fully saturated rings. The molecule has 0 saturated carbocycles. The van der Waals surface area contributed by atoms with Gasteiger partial charge in [-0.15, -0.1) is 0 Å². The SMILES string of the molecule is COc1cc2c(C)nccc2c(OC)c1OC. The highest BCUT2D eigenvalue weighted by atomic mass is 16.5. The Morgan fingerprint density at radius 2 is 1.65 bits per heavy atom. The molecule has 0 aliphatic rings. The number of methoxy groups -OCH3 is 3. The van der Waals surface area contributed by atoms with Crippen molar-refractivity contribution in [2.24, 2.45) is 0 Å². The van der Waals surface area contributed by atoms with E-state index in [2.05, 4.69) is 4.98 Å². The van der Waals surface area contributed by atoms with Crippen LogP contribution in [-0.4, -0.2) is 26.3 Å². The molecule has 90 valence electrons. The van der Waals surface area contributed by atoms with Gasteiger partial charge in [0.15, 0.2) is 11.5 Å². The van der Waals surface area contributed by atoms with Crippen LogP contribution < -0.4 is 14.2 Å². The molecule has 0 spiro atoms. The second-order valence-electron chi connectivity index (χ2n) is 3.64. The van der Waals surface area contributed by atoms with Crippen molar-refractivity contribution < 1.29 is 14.2 Å². The number of hydrogen-bond acceptors (Lipinski definition) is 4. The van der Waals surface area contributed by atoms with Crippen molar-refractivity contribution in [3.63, 3.8) is 0 Å². The lowest BCUT2D eigenvalue weighted by molar-refractivity contribution is 0.327. The molecule has 1 aromatic heterocycles. The summed E-state index contributed by atoms with van der Waals surface area (Å²) in [6, 6.07) is 3.82. The van der Waals surface area contributed by atoms with Gasteiger partial charge < -0.3 is 14.2 Å². The molecule has 2 aromatic rings. The molecule has 4 nitrogen and oxygen atoms in total. The first-order chi connectivity index (χ1) is 8.22. The largest absolute Gasteiger partial charge is 0.493 e. The second-order valence-corrected chi connectivity index (χ2v) is 3.64. The molecule has 0 N–H and O–H groups in total. The van der Waals surface area contributed by atoms with Crippen LogP contribution >= 0.6 is 0 Å². The molecule has 1 heterocycles. The van der Waals surface area contributed by atoms with E-state index in [9.17, 15) is 0 Å². The summed E-state index contributed by atoms with van der Waals surface area (Å²) >= 11 is 0. The predicted octanol–water partition coefficient (Wildman–Crippen LogP) is 2.57. The molecule has 0 aliphatic carbocycles. The Balaban J connectivity index is 2.88. The maximum atomic E-state index is 5.41. The van der Waals surface area contributed by atoms with E-state index in [1.54, 1.807) is 27.5 Å². The average molecular weight is 233 g/mol. The van der Waals surface area contributed by atoms with Crippen molar-refractivity contribution in [1.29, 1.82) is 0 Å². The van der Waals surface area contributed by atoms with Gasteiger partial charge in [0.1, 0.15) is 0 Å². The first-order valence-corrected chi connectivity index (χ1v) is 5.27. The highest BCUT2D eigenvalue weighted by Crippen LogP contribution is 2.43. The number of hydrogen-bond donors (Lipinski definition) is 0. The molecule has 0 bridgehead atoms. The number of benzene rings is 1. The molecule has 0 atom stereocenters. The fourth-order valence-corrected chi connectivity index (χ4v) is 1.94. The molecule has 4 heteroatoms. The molecule has 2 rings (SSSR count). The van der Waals surface area contributed by atoms with E-state index in [1.807, 2.05) is 19.1 Å². The summed E-state index contributed by atoms with van der Waals surface area (Å²) in [6.07, 6.45) is 1.76. The Morgan fingerprint density at radius 1 is 0.941 bits per heavy atom. The van der Waals surface area contributed by atoms with Crippen molar-refractivity contribution >= 4 is 10.8 Å². The van der Waals surface area contributed by atoms with Crippen LogP contribution in [-0.2, 0) is 0 Å². The van der Waals surface area contributed by atoms with Crippen molar-refractivity contribution in [1.82, 2.24) is 4.98 Å². The monoisotopic (exact) mass is 233 g/mol. The number of aromatic nitrogens is 1. The third-order valence-corrected chi connectivity index (χ3v) is 2.77. The fraction of sp³-hybridized carbons (Fsp3) is 0.308. The summed E-state index contributed by atoms with van der Waals surface area (Å²) < 4.78 is 16.1. The topological polar surface area (TPSA) is 40.6 Å². The number of rotatable bonds is 3. The first kappa shape index (κ1) is 11.5. The highest BCUT2D eigenvalue weighted by Gasteiger charge is 2.16. The van der Waals surface area contributed by atoms with Crippen LogP contribution in [0.2, 0.25) is 0 Å². The molecule has 0 saturated heterocycles. The van der Waals surface area contributed by atoms with E-state index in [-0.39, 0.29) is 0 Å². The van der Waals surface area contributed by atoms with Crippen LogP contribution in [0.5, 0.6) is 17.2 Å². The number of nitrogens with zero attached hydrogens (tertiary/aromatic N) is 1. The van der Waals surface area contributed by atoms with E-state index in [4.69, 9.17) is 14.2 Å². The maximum Gasteiger partial charge on any atom is 0.203 e. The summed E-state index contributed by atoms with van der Waals surface area (Å²) in [5.74, 6) is 1.92. The summed E-state index contributed by atoms with van der Waals surface area (Å²) in [7, 11) is 4.82. The molecule has 0 unspecified atom stereocenters. The standard InChI is InChI=1S/C13H15NO3/c1-8-10-7-11(15-2)13(17-4)12(16-3)9(10)5-6-14-8/h5-7H,1-4H3. The minimum absolute atomic E-state index is 0.605. The van der Waals surface area contributed by atoms with E-state index < -0.39 is 0 Å². The van der Waals surface area contributed by atoms with E-state index in [0.717, 1.165) is 16.5 Å². The fourth-order valence-electron chi connectivity index (χ4n) is 1.94. The van der Waals surface area contributed by atoms with Crippen LogP contribution in [0, 0.1) is 6.92 Å². The van der Waals surface area contributed by atoms with Gasteiger partial charge in [-0.05, 0) is 19.1 Å². The van der Waals surface area contributed by atoms with E-state index in [0.29, 0.717) is 17.2 Å². The summed E-state index contributed by atoms with van der Waals surface area (Å²) in [4.78, 5) is 4.26. The quantitative estimate of drug-likeness (QED) is 0.817. The predicted molar refractivity (Wildman–Crippen MR) is 66.1 cm³/mol. The minimum atomic E-state index is 0.605. The number of fused-ring (bicyclic) bond motifs is 1. The van der Waals surface area contributed by atoms with Crippen LogP contribution in [0.3, 0.4) is 0 Å². The molecular weight excluding hydrogens is 218 g/mol. The van der Waals surface area contributed by atoms with Gasteiger partial charge in [-0.1, -0.05) is 0 Å². The Morgan fingerprint density at radius 3 is 2.24 bits per heavy atom. The summed E-state index contributed by atoms with van der Waals surface area (Å²) in [6.45, 7) is 1.95. The lowest BCUT2D eigenvalue weighted by Crippen LogP contribution is -1.97. The average Bonchev–Trinajstić information content (AvgIpc) is 2.36. The lowest BCUT2D eigenvalue weighted by Gasteiger charge is -2.15. The van der Waals surface area contributed by atoms with E-state index in [1.165, 1.54) is 0 Å². The van der Waals surface area contributed by atoms with Crippen LogP contribution in [0.1, 0.15) is 5.69 Å².